The van der Waals surface area contributed by atoms with Crippen molar-refractivity contribution in [2.75, 3.05) is 11.1 Å². The number of ketones is 1. The lowest BCUT2D eigenvalue weighted by atomic mass is 10.1. The third kappa shape index (κ3) is 4.28. The van der Waals surface area contributed by atoms with Crippen LogP contribution in [0, 0.1) is 0 Å². The Morgan fingerprint density at radius 1 is 1.19 bits per heavy atom. The number of nitrogens with zero attached hydrogens (tertiary/aromatic N) is 2. The van der Waals surface area contributed by atoms with Crippen molar-refractivity contribution in [3.8, 4) is 0 Å². The number of fused-ring (bicyclic) bond motifs is 1. The fourth-order valence-corrected chi connectivity index (χ4v) is 4.25. The van der Waals surface area contributed by atoms with Gasteiger partial charge in [-0.25, -0.2) is 4.98 Å². The molecule has 0 saturated carbocycles. The van der Waals surface area contributed by atoms with E-state index < -0.39 is 0 Å². The van der Waals surface area contributed by atoms with Gasteiger partial charge in [-0.2, -0.15) is 0 Å². The van der Waals surface area contributed by atoms with Crippen molar-refractivity contribution in [3.05, 3.63) is 51.6 Å². The molecule has 140 valence electrons. The van der Waals surface area contributed by atoms with E-state index in [2.05, 4.69) is 10.3 Å². The summed E-state index contributed by atoms with van der Waals surface area (Å²) in [6.07, 6.45) is 0.401. The molecule has 0 fully saturated rings. The number of rotatable bonds is 7. The van der Waals surface area contributed by atoms with Gasteiger partial charge in [0.2, 0.25) is 5.91 Å². The number of aromatic nitrogens is 2. The van der Waals surface area contributed by atoms with E-state index in [0.717, 1.165) is 0 Å². The Hall–Kier alpha value is -2.45. The summed E-state index contributed by atoms with van der Waals surface area (Å²) in [5, 5.41) is 5.14. The number of carbonyl (C=O) groups excluding carboxylic acids is 2. The average molecular weight is 402 g/mol. The van der Waals surface area contributed by atoms with Crippen molar-refractivity contribution in [1.29, 1.82) is 0 Å². The zero-order chi connectivity index (χ0) is 19.4. The van der Waals surface area contributed by atoms with E-state index in [1.165, 1.54) is 23.1 Å². The predicted molar refractivity (Wildman–Crippen MR) is 110 cm³/mol. The van der Waals surface area contributed by atoms with Crippen LogP contribution in [0.1, 0.15) is 30.6 Å². The molecule has 1 N–H and O–H groups in total. The second-order valence-electron chi connectivity index (χ2n) is 5.77. The van der Waals surface area contributed by atoms with Gasteiger partial charge < -0.3 is 5.32 Å². The molecule has 0 unspecified atom stereocenters. The zero-order valence-electron chi connectivity index (χ0n) is 15.0. The van der Waals surface area contributed by atoms with Crippen LogP contribution in [0.2, 0.25) is 0 Å². The van der Waals surface area contributed by atoms with Gasteiger partial charge in [0.1, 0.15) is 4.70 Å². The Labute approximate surface area is 164 Å². The van der Waals surface area contributed by atoms with Gasteiger partial charge in [-0.15, -0.1) is 11.3 Å². The van der Waals surface area contributed by atoms with Gasteiger partial charge in [-0.3, -0.25) is 19.0 Å². The summed E-state index contributed by atoms with van der Waals surface area (Å²) in [5.74, 6) is 0.0516. The zero-order valence-corrected chi connectivity index (χ0v) is 16.7. The smallest absolute Gasteiger partial charge is 0.272 e. The minimum Gasteiger partial charge on any atom is -0.326 e. The van der Waals surface area contributed by atoms with Crippen molar-refractivity contribution in [2.24, 2.45) is 0 Å². The quantitative estimate of drug-likeness (QED) is 0.370. The maximum Gasteiger partial charge on any atom is 0.272 e. The predicted octanol–water partition coefficient (Wildman–Crippen LogP) is 3.80. The summed E-state index contributed by atoms with van der Waals surface area (Å²) in [6.45, 7) is 4.17. The van der Waals surface area contributed by atoms with Gasteiger partial charge in [-0.1, -0.05) is 18.7 Å². The molecule has 27 heavy (non-hydrogen) atoms. The van der Waals surface area contributed by atoms with Crippen molar-refractivity contribution >= 4 is 50.7 Å². The second kappa shape index (κ2) is 8.49. The highest BCUT2D eigenvalue weighted by atomic mass is 32.2. The van der Waals surface area contributed by atoms with Gasteiger partial charge in [0.15, 0.2) is 10.9 Å². The molecule has 0 radical (unpaired) electrons. The first-order valence-corrected chi connectivity index (χ1v) is 10.4. The lowest BCUT2D eigenvalue weighted by Gasteiger charge is -2.09. The Morgan fingerprint density at radius 3 is 2.59 bits per heavy atom. The fraction of sp³-hybridized carbons (Fsp3) is 0.263. The number of carbonyl (C=O) groups is 2. The number of thioether (sulfide) groups is 1. The van der Waals surface area contributed by atoms with Crippen molar-refractivity contribution in [2.45, 2.75) is 32.0 Å². The molecular weight excluding hydrogens is 382 g/mol. The van der Waals surface area contributed by atoms with Gasteiger partial charge in [0, 0.05) is 24.2 Å². The molecule has 0 atom stereocenters. The van der Waals surface area contributed by atoms with Crippen molar-refractivity contribution in [1.82, 2.24) is 9.55 Å². The number of amides is 1. The first-order chi connectivity index (χ1) is 13.0. The number of Topliss-reactive ketones (excluding diaryl/α,β-unsaturated/α-hetero) is 1. The second-order valence-corrected chi connectivity index (χ2v) is 7.63. The number of benzene rings is 1. The SMILES string of the molecule is CCC(=O)Nc1ccc(C(=O)CSc2nc3ccsc3c(=O)n2CC)cc1. The number of nitrogens with one attached hydrogen (secondary N) is 1. The largest absolute Gasteiger partial charge is 0.326 e. The van der Waals surface area contributed by atoms with E-state index >= 15 is 0 Å². The highest BCUT2D eigenvalue weighted by molar-refractivity contribution is 7.99. The molecule has 2 heterocycles. The number of hydrogen-bond acceptors (Lipinski definition) is 6. The van der Waals surface area contributed by atoms with Crippen LogP contribution in [-0.2, 0) is 11.3 Å². The highest BCUT2D eigenvalue weighted by Crippen LogP contribution is 2.22. The molecule has 3 aromatic rings. The standard InChI is InChI=1S/C19H19N3O3S2/c1-3-16(24)20-13-7-5-12(6-8-13)15(23)11-27-19-21-14-9-10-26-17(14)18(25)22(19)4-2/h5-10H,3-4,11H2,1-2H3,(H,20,24). The molecule has 6 nitrogen and oxygen atoms in total. The maximum absolute atomic E-state index is 12.5. The topological polar surface area (TPSA) is 81.1 Å². The molecule has 0 saturated heterocycles. The summed E-state index contributed by atoms with van der Waals surface area (Å²) in [6, 6.07) is 8.62. The van der Waals surface area contributed by atoms with Gasteiger partial charge in [0.05, 0.1) is 11.3 Å². The first-order valence-electron chi connectivity index (χ1n) is 8.57. The first kappa shape index (κ1) is 19.3. The summed E-state index contributed by atoms with van der Waals surface area (Å²) in [7, 11) is 0. The Morgan fingerprint density at radius 2 is 1.93 bits per heavy atom. The lowest BCUT2D eigenvalue weighted by molar-refractivity contribution is -0.115. The van der Waals surface area contributed by atoms with Gasteiger partial charge in [0.25, 0.3) is 5.56 Å². The number of anilines is 1. The Kier molecular flexibility index (Phi) is 6.08. The molecule has 3 rings (SSSR count). The summed E-state index contributed by atoms with van der Waals surface area (Å²) in [4.78, 5) is 40.9. The normalized spacial score (nSPS) is 10.9. The summed E-state index contributed by atoms with van der Waals surface area (Å²) in [5.41, 5.74) is 1.82. The van der Waals surface area contributed by atoms with Crippen LogP contribution in [0.3, 0.4) is 0 Å². The van der Waals surface area contributed by atoms with E-state index in [4.69, 9.17) is 0 Å². The van der Waals surface area contributed by atoms with Crippen LogP contribution in [0.5, 0.6) is 0 Å². The third-order valence-electron chi connectivity index (χ3n) is 3.99. The molecule has 1 amide bonds. The molecule has 0 aliphatic heterocycles. The lowest BCUT2D eigenvalue weighted by Crippen LogP contribution is -2.22. The van der Waals surface area contributed by atoms with Crippen molar-refractivity contribution < 1.29 is 9.59 Å². The summed E-state index contributed by atoms with van der Waals surface area (Å²) >= 11 is 2.64. The van der Waals surface area contributed by atoms with E-state index in [-0.39, 0.29) is 23.0 Å². The molecule has 0 aliphatic rings. The molecular formula is C19H19N3O3S2. The van der Waals surface area contributed by atoms with Crippen LogP contribution < -0.4 is 10.9 Å². The molecule has 0 aliphatic carbocycles. The van der Waals surface area contributed by atoms with E-state index in [0.29, 0.717) is 39.6 Å². The monoisotopic (exact) mass is 401 g/mol. The maximum atomic E-state index is 12.5. The third-order valence-corrected chi connectivity index (χ3v) is 5.86. The molecule has 0 bridgehead atoms. The van der Waals surface area contributed by atoms with Crippen LogP contribution in [0.15, 0.2) is 45.7 Å². The number of hydrogen-bond donors (Lipinski definition) is 1. The van der Waals surface area contributed by atoms with E-state index in [9.17, 15) is 14.4 Å². The highest BCUT2D eigenvalue weighted by Gasteiger charge is 2.14. The van der Waals surface area contributed by atoms with Gasteiger partial charge in [-0.05, 0) is 42.6 Å². The van der Waals surface area contributed by atoms with E-state index in [1.807, 2.05) is 18.4 Å². The van der Waals surface area contributed by atoms with Gasteiger partial charge >= 0.3 is 0 Å². The Bertz CT molecular complexity index is 1040. The molecule has 1 aromatic carbocycles. The van der Waals surface area contributed by atoms with Crippen LogP contribution >= 0.6 is 23.1 Å². The Balaban J connectivity index is 1.73. The van der Waals surface area contributed by atoms with Crippen molar-refractivity contribution in [3.63, 3.8) is 0 Å². The molecule has 8 heteroatoms. The minimum atomic E-state index is -0.0722. The fourth-order valence-electron chi connectivity index (χ4n) is 2.51. The van der Waals surface area contributed by atoms with Crippen LogP contribution in [-0.4, -0.2) is 27.0 Å². The number of thiophene rings is 1. The molecule has 0 spiro atoms. The van der Waals surface area contributed by atoms with E-state index in [1.54, 1.807) is 35.8 Å². The van der Waals surface area contributed by atoms with Crippen LogP contribution in [0.4, 0.5) is 5.69 Å². The van der Waals surface area contributed by atoms with Crippen LogP contribution in [0.25, 0.3) is 10.2 Å². The molecule has 2 aromatic heterocycles. The minimum absolute atomic E-state index is 0.0596. The summed E-state index contributed by atoms with van der Waals surface area (Å²) < 4.78 is 2.23. The average Bonchev–Trinajstić information content (AvgIpc) is 3.15.